The maximum absolute atomic E-state index is 5.61. The summed E-state index contributed by atoms with van der Waals surface area (Å²) in [6.45, 7) is 8.63. The summed E-state index contributed by atoms with van der Waals surface area (Å²) in [5.41, 5.74) is 0. The van der Waals surface area contributed by atoms with Crippen LogP contribution in [0.25, 0.3) is 0 Å². The second-order valence-electron chi connectivity index (χ2n) is 3.77. The average molecular weight is 220 g/mol. The van der Waals surface area contributed by atoms with E-state index in [0.29, 0.717) is 6.04 Å². The van der Waals surface area contributed by atoms with Gasteiger partial charge in [-0.15, -0.1) is 6.58 Å². The van der Waals surface area contributed by atoms with Gasteiger partial charge in [0, 0.05) is 12.2 Å². The van der Waals surface area contributed by atoms with E-state index < -0.39 is 0 Å². The lowest BCUT2D eigenvalue weighted by Crippen LogP contribution is -2.15. The molecule has 0 saturated heterocycles. The van der Waals surface area contributed by atoms with E-state index in [-0.39, 0.29) is 0 Å². The lowest BCUT2D eigenvalue weighted by atomic mass is 10.2. The molecule has 1 aromatic heterocycles. The molecule has 0 aromatic carbocycles. The van der Waals surface area contributed by atoms with Gasteiger partial charge in [-0.1, -0.05) is 13.0 Å². The topological polar surface area (TPSA) is 34.2 Å². The van der Waals surface area contributed by atoms with Crippen LogP contribution in [0.4, 0.5) is 5.82 Å². The first-order valence-electron chi connectivity index (χ1n) is 5.73. The lowest BCUT2D eigenvalue weighted by molar-refractivity contribution is 0.317. The van der Waals surface area contributed by atoms with Crippen LogP contribution in [0.3, 0.4) is 0 Å². The molecule has 0 bridgehead atoms. The van der Waals surface area contributed by atoms with Crippen LogP contribution in [-0.4, -0.2) is 17.6 Å². The van der Waals surface area contributed by atoms with Crippen molar-refractivity contribution in [2.45, 2.75) is 32.7 Å². The maximum Gasteiger partial charge on any atom is 0.168 e. The molecule has 3 heteroatoms. The van der Waals surface area contributed by atoms with Gasteiger partial charge in [0.15, 0.2) is 11.6 Å². The molecular weight excluding hydrogens is 200 g/mol. The highest BCUT2D eigenvalue weighted by Crippen LogP contribution is 2.22. The zero-order chi connectivity index (χ0) is 11.8. The Hall–Kier alpha value is -1.51. The highest BCUT2D eigenvalue weighted by molar-refractivity contribution is 5.50. The quantitative estimate of drug-likeness (QED) is 0.716. The van der Waals surface area contributed by atoms with Gasteiger partial charge in [0.2, 0.25) is 0 Å². The van der Waals surface area contributed by atoms with Crippen molar-refractivity contribution in [1.82, 2.24) is 4.98 Å². The van der Waals surface area contributed by atoms with Gasteiger partial charge in [0.1, 0.15) is 0 Å². The highest BCUT2D eigenvalue weighted by Gasteiger charge is 2.06. The van der Waals surface area contributed by atoms with Crippen molar-refractivity contribution in [1.29, 1.82) is 0 Å². The second-order valence-corrected chi connectivity index (χ2v) is 3.77. The number of nitrogens with zero attached hydrogens (tertiary/aromatic N) is 1. The van der Waals surface area contributed by atoms with E-state index in [9.17, 15) is 0 Å². The lowest BCUT2D eigenvalue weighted by Gasteiger charge is -2.15. The van der Waals surface area contributed by atoms with Crippen molar-refractivity contribution >= 4 is 5.82 Å². The van der Waals surface area contributed by atoms with Crippen molar-refractivity contribution in [3.8, 4) is 5.75 Å². The Labute approximate surface area is 97.5 Å². The number of anilines is 1. The van der Waals surface area contributed by atoms with Crippen LogP contribution in [0.1, 0.15) is 26.7 Å². The average Bonchev–Trinajstić information content (AvgIpc) is 2.28. The Bertz CT molecular complexity index is 325. The molecule has 1 unspecified atom stereocenters. The summed E-state index contributed by atoms with van der Waals surface area (Å²) in [6.07, 6.45) is 5.56. The third kappa shape index (κ3) is 3.93. The maximum atomic E-state index is 5.61. The van der Waals surface area contributed by atoms with Crippen LogP contribution in [0.15, 0.2) is 31.0 Å². The largest absolute Gasteiger partial charge is 0.490 e. The summed E-state index contributed by atoms with van der Waals surface area (Å²) < 4.78 is 5.61. The first-order valence-corrected chi connectivity index (χ1v) is 5.73. The zero-order valence-electron chi connectivity index (χ0n) is 10.1. The number of hydrogen-bond acceptors (Lipinski definition) is 3. The molecule has 0 aliphatic carbocycles. The second kappa shape index (κ2) is 6.88. The molecule has 0 fully saturated rings. The third-order valence-electron chi connectivity index (χ3n) is 2.14. The zero-order valence-corrected chi connectivity index (χ0v) is 10.1. The summed E-state index contributed by atoms with van der Waals surface area (Å²) in [6, 6.07) is 4.14. The summed E-state index contributed by atoms with van der Waals surface area (Å²) >= 11 is 0. The molecule has 0 amide bonds. The number of hydrogen-bond donors (Lipinski definition) is 1. The SMILES string of the molecule is C=CCC(C)Nc1ncccc1OCCC. The van der Waals surface area contributed by atoms with Crippen molar-refractivity contribution in [2.24, 2.45) is 0 Å². The number of aromatic nitrogens is 1. The van der Waals surface area contributed by atoms with E-state index in [1.807, 2.05) is 18.2 Å². The molecule has 88 valence electrons. The van der Waals surface area contributed by atoms with Gasteiger partial charge in [-0.3, -0.25) is 0 Å². The summed E-state index contributed by atoms with van der Waals surface area (Å²) in [7, 11) is 0. The fourth-order valence-electron chi connectivity index (χ4n) is 1.37. The molecule has 0 aliphatic heterocycles. The van der Waals surface area contributed by atoms with Gasteiger partial charge in [-0.25, -0.2) is 4.98 Å². The number of pyridine rings is 1. The molecular formula is C13H20N2O. The summed E-state index contributed by atoms with van der Waals surface area (Å²) in [5.74, 6) is 1.63. The molecule has 3 nitrogen and oxygen atoms in total. The van der Waals surface area contributed by atoms with E-state index in [0.717, 1.165) is 31.0 Å². The van der Waals surface area contributed by atoms with Crippen LogP contribution >= 0.6 is 0 Å². The molecule has 1 heterocycles. The number of ether oxygens (including phenoxy) is 1. The Kier molecular flexibility index (Phi) is 5.40. The summed E-state index contributed by atoms with van der Waals surface area (Å²) in [4.78, 5) is 4.28. The van der Waals surface area contributed by atoms with Gasteiger partial charge in [-0.05, 0) is 31.9 Å². The van der Waals surface area contributed by atoms with Gasteiger partial charge < -0.3 is 10.1 Å². The smallest absolute Gasteiger partial charge is 0.168 e. The molecule has 1 rings (SSSR count). The standard InChI is InChI=1S/C13H20N2O/c1-4-7-11(3)15-13-12(16-10-5-2)8-6-9-14-13/h4,6,8-9,11H,1,5,7,10H2,2-3H3,(H,14,15). The van der Waals surface area contributed by atoms with E-state index in [1.54, 1.807) is 6.20 Å². The van der Waals surface area contributed by atoms with Crippen LogP contribution < -0.4 is 10.1 Å². The van der Waals surface area contributed by atoms with Crippen molar-refractivity contribution in [3.63, 3.8) is 0 Å². The summed E-state index contributed by atoms with van der Waals surface area (Å²) in [5, 5.41) is 3.31. The molecule has 1 N–H and O–H groups in total. The highest BCUT2D eigenvalue weighted by atomic mass is 16.5. The third-order valence-corrected chi connectivity index (χ3v) is 2.14. The molecule has 1 atom stereocenters. The Morgan fingerprint density at radius 3 is 3.12 bits per heavy atom. The molecule has 16 heavy (non-hydrogen) atoms. The number of rotatable bonds is 7. The number of nitrogens with one attached hydrogen (secondary N) is 1. The fraction of sp³-hybridized carbons (Fsp3) is 0.462. The van der Waals surface area contributed by atoms with Crippen LogP contribution in [0, 0.1) is 0 Å². The normalized spacial score (nSPS) is 11.9. The molecule has 0 spiro atoms. The Morgan fingerprint density at radius 1 is 1.62 bits per heavy atom. The van der Waals surface area contributed by atoms with E-state index in [2.05, 4.69) is 30.7 Å². The first-order chi connectivity index (χ1) is 7.77. The Balaban J connectivity index is 2.66. The molecule has 0 aliphatic rings. The molecule has 1 aromatic rings. The minimum Gasteiger partial charge on any atom is -0.490 e. The monoisotopic (exact) mass is 220 g/mol. The van der Waals surface area contributed by atoms with Gasteiger partial charge in [0.25, 0.3) is 0 Å². The predicted octanol–water partition coefficient (Wildman–Crippen LogP) is 3.25. The van der Waals surface area contributed by atoms with Crippen LogP contribution in [0.2, 0.25) is 0 Å². The predicted molar refractivity (Wildman–Crippen MR) is 67.9 cm³/mol. The molecule has 0 saturated carbocycles. The van der Waals surface area contributed by atoms with Gasteiger partial charge >= 0.3 is 0 Å². The van der Waals surface area contributed by atoms with Crippen molar-refractivity contribution in [3.05, 3.63) is 31.0 Å². The van der Waals surface area contributed by atoms with Crippen LogP contribution in [0.5, 0.6) is 5.75 Å². The van der Waals surface area contributed by atoms with Crippen LogP contribution in [-0.2, 0) is 0 Å². The van der Waals surface area contributed by atoms with E-state index in [1.165, 1.54) is 0 Å². The minimum atomic E-state index is 0.316. The fourth-order valence-corrected chi connectivity index (χ4v) is 1.37. The van der Waals surface area contributed by atoms with Crippen molar-refractivity contribution < 1.29 is 4.74 Å². The van der Waals surface area contributed by atoms with Gasteiger partial charge in [0.05, 0.1) is 6.61 Å². The first kappa shape index (κ1) is 12.6. The van der Waals surface area contributed by atoms with Crippen molar-refractivity contribution in [2.75, 3.05) is 11.9 Å². The van der Waals surface area contributed by atoms with E-state index in [4.69, 9.17) is 4.74 Å². The Morgan fingerprint density at radius 2 is 2.44 bits per heavy atom. The van der Waals surface area contributed by atoms with E-state index >= 15 is 0 Å². The van der Waals surface area contributed by atoms with Gasteiger partial charge in [-0.2, -0.15) is 0 Å². The minimum absolute atomic E-state index is 0.316. The molecule has 0 radical (unpaired) electrons.